The summed E-state index contributed by atoms with van der Waals surface area (Å²) < 4.78 is 62.0. The average molecular weight is 302 g/mol. The van der Waals surface area contributed by atoms with Crippen LogP contribution in [0.2, 0.25) is 0 Å². The van der Waals surface area contributed by atoms with Crippen molar-refractivity contribution in [3.63, 3.8) is 0 Å². The molecule has 0 saturated heterocycles. The van der Waals surface area contributed by atoms with E-state index in [9.17, 15) is 22.0 Å². The normalized spacial score (nSPS) is 13.1. The standard InChI is InChI=1S/C9H5BrF5N/c1-4(9(13,14)15)16-8-6(10)2-5(11)3-7(8)12/h2-3H,1H3. The lowest BCUT2D eigenvalue weighted by atomic mass is 10.3. The van der Waals surface area contributed by atoms with Crippen LogP contribution in [0.4, 0.5) is 27.6 Å². The first kappa shape index (κ1) is 13.1. The molecule has 0 aliphatic rings. The van der Waals surface area contributed by atoms with Gasteiger partial charge in [-0.1, -0.05) is 0 Å². The van der Waals surface area contributed by atoms with Gasteiger partial charge in [0.15, 0.2) is 5.82 Å². The number of benzene rings is 1. The minimum Gasteiger partial charge on any atom is -0.244 e. The number of hydrogen-bond acceptors (Lipinski definition) is 1. The van der Waals surface area contributed by atoms with Gasteiger partial charge in [-0.25, -0.2) is 13.8 Å². The van der Waals surface area contributed by atoms with Gasteiger partial charge in [0.1, 0.15) is 17.2 Å². The lowest BCUT2D eigenvalue weighted by Gasteiger charge is -2.07. The van der Waals surface area contributed by atoms with Crippen molar-refractivity contribution < 1.29 is 22.0 Å². The van der Waals surface area contributed by atoms with Crippen molar-refractivity contribution in [1.29, 1.82) is 0 Å². The fourth-order valence-electron chi connectivity index (χ4n) is 0.872. The lowest BCUT2D eigenvalue weighted by Crippen LogP contribution is -2.19. The SMILES string of the molecule is CC(=Nc1c(F)cc(F)cc1Br)C(F)(F)F. The molecule has 7 heteroatoms. The molecule has 1 rings (SSSR count). The number of halogens is 6. The van der Waals surface area contributed by atoms with E-state index in [1.807, 2.05) is 0 Å². The van der Waals surface area contributed by atoms with Gasteiger partial charge in [-0.15, -0.1) is 0 Å². The zero-order chi connectivity index (χ0) is 12.5. The highest BCUT2D eigenvalue weighted by Gasteiger charge is 2.32. The molecule has 1 nitrogen and oxygen atoms in total. The van der Waals surface area contributed by atoms with Gasteiger partial charge in [0.2, 0.25) is 0 Å². The summed E-state index contributed by atoms with van der Waals surface area (Å²) in [5, 5.41) is 0. The molecule has 0 unspecified atom stereocenters. The molecular formula is C9H5BrF5N. The van der Waals surface area contributed by atoms with Gasteiger partial charge in [0.05, 0.1) is 0 Å². The first-order valence-corrected chi connectivity index (χ1v) is 4.78. The lowest BCUT2D eigenvalue weighted by molar-refractivity contribution is -0.0591. The van der Waals surface area contributed by atoms with Gasteiger partial charge in [0.25, 0.3) is 0 Å². The van der Waals surface area contributed by atoms with E-state index in [4.69, 9.17) is 0 Å². The summed E-state index contributed by atoms with van der Waals surface area (Å²) in [4.78, 5) is 3.07. The Morgan fingerprint density at radius 1 is 1.25 bits per heavy atom. The molecule has 1 aromatic rings. The van der Waals surface area contributed by atoms with E-state index < -0.39 is 29.2 Å². The third-order valence-electron chi connectivity index (χ3n) is 1.67. The zero-order valence-corrected chi connectivity index (χ0v) is 9.46. The van der Waals surface area contributed by atoms with E-state index in [-0.39, 0.29) is 4.47 Å². The first-order chi connectivity index (χ1) is 7.21. The molecule has 88 valence electrons. The van der Waals surface area contributed by atoms with Crippen LogP contribution < -0.4 is 0 Å². The molecular weight excluding hydrogens is 297 g/mol. The molecule has 0 amide bonds. The average Bonchev–Trinajstić information content (AvgIpc) is 2.08. The van der Waals surface area contributed by atoms with E-state index in [2.05, 4.69) is 20.9 Å². The molecule has 0 heterocycles. The molecule has 0 aliphatic carbocycles. The number of hydrogen-bond donors (Lipinski definition) is 0. The fraction of sp³-hybridized carbons (Fsp3) is 0.222. The number of nitrogens with zero attached hydrogens (tertiary/aromatic N) is 1. The summed E-state index contributed by atoms with van der Waals surface area (Å²) in [6.45, 7) is 0.704. The maximum absolute atomic E-state index is 13.1. The van der Waals surface area contributed by atoms with E-state index in [0.717, 1.165) is 6.07 Å². The number of aliphatic imine (C=N–C) groups is 1. The molecule has 0 atom stereocenters. The number of rotatable bonds is 1. The molecule has 0 aromatic heterocycles. The van der Waals surface area contributed by atoms with Crippen molar-refractivity contribution in [1.82, 2.24) is 0 Å². The third-order valence-corrected chi connectivity index (χ3v) is 2.28. The zero-order valence-electron chi connectivity index (χ0n) is 7.87. The highest BCUT2D eigenvalue weighted by molar-refractivity contribution is 9.10. The Morgan fingerprint density at radius 2 is 1.81 bits per heavy atom. The van der Waals surface area contributed by atoms with Crippen molar-refractivity contribution in [3.05, 3.63) is 28.2 Å². The van der Waals surface area contributed by atoms with Crippen LogP contribution in [-0.4, -0.2) is 11.9 Å². The van der Waals surface area contributed by atoms with Crippen LogP contribution in [0, 0.1) is 11.6 Å². The molecule has 0 fully saturated rings. The van der Waals surface area contributed by atoms with Gasteiger partial charge in [-0.2, -0.15) is 13.2 Å². The second kappa shape index (κ2) is 4.48. The molecule has 0 bridgehead atoms. The van der Waals surface area contributed by atoms with Gasteiger partial charge < -0.3 is 0 Å². The van der Waals surface area contributed by atoms with Gasteiger partial charge in [-0.05, 0) is 28.9 Å². The Labute approximate surface area is 96.1 Å². The summed E-state index contributed by atoms with van der Waals surface area (Å²) in [7, 11) is 0. The van der Waals surface area contributed by atoms with E-state index >= 15 is 0 Å². The Bertz CT molecular complexity index is 415. The minimum absolute atomic E-state index is 0.173. The van der Waals surface area contributed by atoms with Crippen LogP contribution >= 0.6 is 15.9 Å². The highest BCUT2D eigenvalue weighted by Crippen LogP contribution is 2.31. The Kier molecular flexibility index (Phi) is 3.67. The minimum atomic E-state index is -4.64. The molecule has 0 N–H and O–H groups in total. The Balaban J connectivity index is 3.26. The van der Waals surface area contributed by atoms with Crippen LogP contribution in [-0.2, 0) is 0 Å². The Morgan fingerprint density at radius 3 is 2.25 bits per heavy atom. The van der Waals surface area contributed by atoms with Crippen LogP contribution in [0.25, 0.3) is 0 Å². The third kappa shape index (κ3) is 3.01. The van der Waals surface area contributed by atoms with E-state index in [0.29, 0.717) is 13.0 Å². The smallest absolute Gasteiger partial charge is 0.244 e. The summed E-state index contributed by atoms with van der Waals surface area (Å²) in [6.07, 6.45) is -4.64. The highest BCUT2D eigenvalue weighted by atomic mass is 79.9. The van der Waals surface area contributed by atoms with Crippen LogP contribution in [0.15, 0.2) is 21.6 Å². The maximum atomic E-state index is 13.1. The van der Waals surface area contributed by atoms with Gasteiger partial charge in [-0.3, -0.25) is 0 Å². The van der Waals surface area contributed by atoms with Crippen molar-refractivity contribution in [3.8, 4) is 0 Å². The van der Waals surface area contributed by atoms with Crippen LogP contribution in [0.5, 0.6) is 0 Å². The first-order valence-electron chi connectivity index (χ1n) is 3.99. The second-order valence-corrected chi connectivity index (χ2v) is 3.77. The maximum Gasteiger partial charge on any atom is 0.429 e. The summed E-state index contributed by atoms with van der Waals surface area (Å²) in [5.41, 5.74) is -1.78. The quantitative estimate of drug-likeness (QED) is 0.539. The monoisotopic (exact) mass is 301 g/mol. The molecule has 0 spiro atoms. The van der Waals surface area contributed by atoms with E-state index in [1.54, 1.807) is 0 Å². The Hall–Kier alpha value is -0.980. The van der Waals surface area contributed by atoms with Crippen molar-refractivity contribution in [2.75, 3.05) is 0 Å². The largest absolute Gasteiger partial charge is 0.429 e. The molecule has 0 saturated carbocycles. The second-order valence-electron chi connectivity index (χ2n) is 2.91. The van der Waals surface area contributed by atoms with Crippen molar-refractivity contribution in [2.24, 2.45) is 4.99 Å². The van der Waals surface area contributed by atoms with Gasteiger partial charge in [0, 0.05) is 10.5 Å². The number of alkyl halides is 3. The molecule has 0 aliphatic heterocycles. The van der Waals surface area contributed by atoms with E-state index in [1.165, 1.54) is 0 Å². The van der Waals surface area contributed by atoms with Crippen molar-refractivity contribution in [2.45, 2.75) is 13.1 Å². The topological polar surface area (TPSA) is 12.4 Å². The van der Waals surface area contributed by atoms with Gasteiger partial charge >= 0.3 is 6.18 Å². The predicted molar refractivity (Wildman–Crippen MR) is 52.9 cm³/mol. The van der Waals surface area contributed by atoms with Crippen LogP contribution in [0.3, 0.4) is 0 Å². The molecule has 1 aromatic carbocycles. The van der Waals surface area contributed by atoms with Crippen LogP contribution in [0.1, 0.15) is 6.92 Å². The van der Waals surface area contributed by atoms with Crippen molar-refractivity contribution >= 4 is 27.3 Å². The molecule has 0 radical (unpaired) electrons. The predicted octanol–water partition coefficient (Wildman–Crippen LogP) is 4.38. The summed E-state index contributed by atoms with van der Waals surface area (Å²) >= 11 is 2.74. The molecule has 16 heavy (non-hydrogen) atoms. The summed E-state index contributed by atoms with van der Waals surface area (Å²) in [5.74, 6) is -2.05. The summed E-state index contributed by atoms with van der Waals surface area (Å²) in [6, 6.07) is 1.30. The fourth-order valence-corrected chi connectivity index (χ4v) is 1.37.